The minimum absolute atomic E-state index is 0.0677. The summed E-state index contributed by atoms with van der Waals surface area (Å²) in [6.45, 7) is 7.58. The molecule has 3 atom stereocenters. The fourth-order valence-corrected chi connectivity index (χ4v) is 3.93. The van der Waals surface area contributed by atoms with Gasteiger partial charge in [0, 0.05) is 18.6 Å². The quantitative estimate of drug-likeness (QED) is 0.859. The van der Waals surface area contributed by atoms with E-state index in [0.29, 0.717) is 23.8 Å². The summed E-state index contributed by atoms with van der Waals surface area (Å²) < 4.78 is 0. The first-order valence-electron chi connectivity index (χ1n) is 8.55. The van der Waals surface area contributed by atoms with Gasteiger partial charge in [-0.05, 0) is 43.9 Å². The summed E-state index contributed by atoms with van der Waals surface area (Å²) in [6.07, 6.45) is 8.11. The van der Waals surface area contributed by atoms with Crippen LogP contribution in [0.3, 0.4) is 0 Å². The maximum absolute atomic E-state index is 13.0. The van der Waals surface area contributed by atoms with E-state index in [1.54, 1.807) is 0 Å². The fraction of sp³-hybridized carbons (Fsp3) is 0.941. The molecule has 2 aliphatic carbocycles. The first-order chi connectivity index (χ1) is 9.49. The molecule has 0 spiro atoms. The molecule has 0 saturated heterocycles. The van der Waals surface area contributed by atoms with Gasteiger partial charge < -0.3 is 10.6 Å². The minimum Gasteiger partial charge on any atom is -0.339 e. The highest BCUT2D eigenvalue weighted by atomic mass is 16.2. The first-order valence-corrected chi connectivity index (χ1v) is 8.55. The molecule has 3 unspecified atom stereocenters. The number of amides is 1. The van der Waals surface area contributed by atoms with Crippen molar-refractivity contribution >= 4 is 5.91 Å². The van der Waals surface area contributed by atoms with Gasteiger partial charge in [-0.25, -0.2) is 0 Å². The lowest BCUT2D eigenvalue weighted by Gasteiger charge is -2.38. The van der Waals surface area contributed by atoms with Gasteiger partial charge in [0.05, 0.1) is 5.92 Å². The molecule has 2 saturated carbocycles. The van der Waals surface area contributed by atoms with E-state index in [-0.39, 0.29) is 12.0 Å². The van der Waals surface area contributed by atoms with Crippen LogP contribution in [0.5, 0.6) is 0 Å². The Bertz CT molecular complexity index is 323. The zero-order valence-corrected chi connectivity index (χ0v) is 13.5. The lowest BCUT2D eigenvalue weighted by atomic mass is 9.78. The molecule has 2 rings (SSSR count). The molecule has 2 aliphatic rings. The van der Waals surface area contributed by atoms with Crippen molar-refractivity contribution in [3.05, 3.63) is 0 Å². The Morgan fingerprint density at radius 1 is 1.20 bits per heavy atom. The van der Waals surface area contributed by atoms with E-state index >= 15 is 0 Å². The molecule has 0 bridgehead atoms. The number of carbonyl (C=O) groups excluding carboxylic acids is 1. The van der Waals surface area contributed by atoms with Crippen LogP contribution in [0.4, 0.5) is 0 Å². The van der Waals surface area contributed by atoms with Gasteiger partial charge in [-0.2, -0.15) is 0 Å². The van der Waals surface area contributed by atoms with Gasteiger partial charge in [0.15, 0.2) is 0 Å². The van der Waals surface area contributed by atoms with Gasteiger partial charge in [0.2, 0.25) is 5.91 Å². The van der Waals surface area contributed by atoms with Crippen LogP contribution < -0.4 is 5.73 Å². The summed E-state index contributed by atoms with van der Waals surface area (Å²) in [7, 11) is 0. The van der Waals surface area contributed by atoms with Gasteiger partial charge >= 0.3 is 0 Å². The largest absolute Gasteiger partial charge is 0.339 e. The summed E-state index contributed by atoms with van der Waals surface area (Å²) in [6, 6.07) is 0.559. The Labute approximate surface area is 124 Å². The van der Waals surface area contributed by atoms with Crippen LogP contribution in [0.25, 0.3) is 0 Å². The normalized spacial score (nSPS) is 31.8. The van der Waals surface area contributed by atoms with Crippen LogP contribution >= 0.6 is 0 Å². The Morgan fingerprint density at radius 3 is 2.45 bits per heavy atom. The van der Waals surface area contributed by atoms with Crippen molar-refractivity contribution in [1.29, 1.82) is 0 Å². The summed E-state index contributed by atoms with van der Waals surface area (Å²) >= 11 is 0. The molecule has 0 aromatic carbocycles. The monoisotopic (exact) mass is 280 g/mol. The van der Waals surface area contributed by atoms with Crippen LogP contribution in [0.2, 0.25) is 0 Å². The van der Waals surface area contributed by atoms with Crippen LogP contribution in [-0.4, -0.2) is 29.4 Å². The molecule has 116 valence electrons. The van der Waals surface area contributed by atoms with E-state index in [0.717, 1.165) is 19.4 Å². The lowest BCUT2D eigenvalue weighted by molar-refractivity contribution is -0.140. The third-order valence-corrected chi connectivity index (χ3v) is 5.09. The minimum atomic E-state index is 0.0677. The van der Waals surface area contributed by atoms with Gasteiger partial charge in [-0.1, -0.05) is 33.6 Å². The highest BCUT2D eigenvalue weighted by molar-refractivity contribution is 5.80. The van der Waals surface area contributed by atoms with Crippen molar-refractivity contribution in [2.45, 2.75) is 77.8 Å². The number of nitrogens with zero attached hydrogens (tertiary/aromatic N) is 1. The second kappa shape index (κ2) is 6.93. The van der Waals surface area contributed by atoms with Crippen LogP contribution in [-0.2, 0) is 4.79 Å². The summed E-state index contributed by atoms with van der Waals surface area (Å²) in [4.78, 5) is 15.2. The summed E-state index contributed by atoms with van der Waals surface area (Å²) in [5.74, 6) is 1.60. The summed E-state index contributed by atoms with van der Waals surface area (Å²) in [5, 5.41) is 0. The Balaban J connectivity index is 2.07. The molecule has 0 aromatic heterocycles. The lowest BCUT2D eigenvalue weighted by Crippen LogP contribution is -2.50. The highest BCUT2D eigenvalue weighted by Crippen LogP contribution is 2.32. The number of nitrogens with two attached hydrogens (primary N) is 1. The van der Waals surface area contributed by atoms with E-state index in [4.69, 9.17) is 5.73 Å². The fourth-order valence-electron chi connectivity index (χ4n) is 3.93. The molecular weight excluding hydrogens is 248 g/mol. The van der Waals surface area contributed by atoms with Gasteiger partial charge in [-0.3, -0.25) is 4.79 Å². The predicted molar refractivity (Wildman–Crippen MR) is 83.3 cm³/mol. The second-order valence-electron chi connectivity index (χ2n) is 7.51. The van der Waals surface area contributed by atoms with E-state index in [9.17, 15) is 4.79 Å². The van der Waals surface area contributed by atoms with E-state index < -0.39 is 0 Å². The molecule has 0 aromatic rings. The highest BCUT2D eigenvalue weighted by Gasteiger charge is 2.37. The molecule has 0 radical (unpaired) electrons. The van der Waals surface area contributed by atoms with Crippen molar-refractivity contribution in [1.82, 2.24) is 4.90 Å². The molecule has 3 heteroatoms. The average molecular weight is 280 g/mol. The van der Waals surface area contributed by atoms with Crippen molar-refractivity contribution in [3.63, 3.8) is 0 Å². The number of rotatable bonds is 4. The Hall–Kier alpha value is -0.570. The van der Waals surface area contributed by atoms with Crippen molar-refractivity contribution < 1.29 is 4.79 Å². The second-order valence-corrected chi connectivity index (χ2v) is 7.51. The first kappa shape index (κ1) is 15.8. The third kappa shape index (κ3) is 3.75. The zero-order chi connectivity index (χ0) is 14.7. The molecule has 0 heterocycles. The van der Waals surface area contributed by atoms with Crippen molar-refractivity contribution in [2.75, 3.05) is 6.54 Å². The van der Waals surface area contributed by atoms with Gasteiger partial charge in [-0.15, -0.1) is 0 Å². The Morgan fingerprint density at radius 2 is 1.85 bits per heavy atom. The molecule has 20 heavy (non-hydrogen) atoms. The van der Waals surface area contributed by atoms with E-state index in [2.05, 4.69) is 25.7 Å². The standard InChI is InChI=1S/C17H32N2O/c1-12(2)11-19(14-6-4-5-7-14)17(20)15-10-13(3)8-9-16(15)18/h12-16H,4-11,18H2,1-3H3. The summed E-state index contributed by atoms with van der Waals surface area (Å²) in [5.41, 5.74) is 6.26. The van der Waals surface area contributed by atoms with Gasteiger partial charge in [0.1, 0.15) is 0 Å². The smallest absolute Gasteiger partial charge is 0.227 e. The average Bonchev–Trinajstić information content (AvgIpc) is 2.91. The van der Waals surface area contributed by atoms with Gasteiger partial charge in [0.25, 0.3) is 0 Å². The molecule has 3 nitrogen and oxygen atoms in total. The van der Waals surface area contributed by atoms with Crippen LogP contribution in [0.15, 0.2) is 0 Å². The van der Waals surface area contributed by atoms with Crippen molar-refractivity contribution in [3.8, 4) is 0 Å². The number of hydrogen-bond donors (Lipinski definition) is 1. The zero-order valence-electron chi connectivity index (χ0n) is 13.5. The Kier molecular flexibility index (Phi) is 5.48. The molecule has 2 fully saturated rings. The van der Waals surface area contributed by atoms with E-state index in [1.807, 2.05) is 0 Å². The third-order valence-electron chi connectivity index (χ3n) is 5.09. The van der Waals surface area contributed by atoms with Crippen molar-refractivity contribution in [2.24, 2.45) is 23.5 Å². The topological polar surface area (TPSA) is 46.3 Å². The maximum atomic E-state index is 13.0. The van der Waals surface area contributed by atoms with Crippen LogP contribution in [0.1, 0.15) is 65.7 Å². The van der Waals surface area contributed by atoms with E-state index in [1.165, 1.54) is 32.1 Å². The predicted octanol–water partition coefficient (Wildman–Crippen LogP) is 3.18. The molecular formula is C17H32N2O. The SMILES string of the molecule is CC(C)CN(C(=O)C1CC(C)CCC1N)C1CCCC1. The molecule has 2 N–H and O–H groups in total. The maximum Gasteiger partial charge on any atom is 0.227 e. The number of carbonyl (C=O) groups is 1. The van der Waals surface area contributed by atoms with Crippen LogP contribution in [0, 0.1) is 17.8 Å². The molecule has 1 amide bonds. The number of hydrogen-bond acceptors (Lipinski definition) is 2. The molecule has 0 aliphatic heterocycles.